The van der Waals surface area contributed by atoms with Crippen LogP contribution in [0.15, 0.2) is 27.6 Å². The van der Waals surface area contributed by atoms with Crippen LogP contribution in [0, 0.1) is 20.8 Å². The number of aryl methyl sites for hydroxylation is 3. The second-order valence-electron chi connectivity index (χ2n) is 6.15. The zero-order chi connectivity index (χ0) is 16.8. The normalized spacial score (nSPS) is 18.9. The maximum Gasteiger partial charge on any atom is 0.249 e. The van der Waals surface area contributed by atoms with Gasteiger partial charge in [0.2, 0.25) is 10.0 Å². The van der Waals surface area contributed by atoms with Crippen molar-refractivity contribution in [1.82, 2.24) is 9.46 Å². The molecule has 2 aromatic rings. The van der Waals surface area contributed by atoms with E-state index >= 15 is 0 Å². The van der Waals surface area contributed by atoms with E-state index in [9.17, 15) is 8.42 Å². The van der Waals surface area contributed by atoms with Gasteiger partial charge in [0.05, 0.1) is 6.04 Å². The summed E-state index contributed by atoms with van der Waals surface area (Å²) in [4.78, 5) is 0.214. The van der Waals surface area contributed by atoms with Gasteiger partial charge in [-0.15, -0.1) is 0 Å². The highest BCUT2D eigenvalue weighted by atomic mass is 32.2. The molecule has 1 atom stereocenters. The van der Waals surface area contributed by atoms with Gasteiger partial charge in [0.15, 0.2) is 5.76 Å². The lowest BCUT2D eigenvalue weighted by Gasteiger charge is -2.36. The average molecular weight is 334 g/mol. The molecule has 124 valence electrons. The molecule has 5 nitrogen and oxygen atoms in total. The fourth-order valence-electron chi connectivity index (χ4n) is 3.49. The lowest BCUT2D eigenvalue weighted by Crippen LogP contribution is -2.40. The van der Waals surface area contributed by atoms with Crippen molar-refractivity contribution in [1.29, 1.82) is 0 Å². The Morgan fingerprint density at radius 3 is 2.65 bits per heavy atom. The smallest absolute Gasteiger partial charge is 0.249 e. The highest BCUT2D eigenvalue weighted by Gasteiger charge is 2.38. The van der Waals surface area contributed by atoms with Crippen LogP contribution in [0.1, 0.15) is 47.5 Å². The molecule has 1 aromatic heterocycles. The van der Waals surface area contributed by atoms with Gasteiger partial charge in [0, 0.05) is 6.54 Å². The van der Waals surface area contributed by atoms with Gasteiger partial charge in [0.25, 0.3) is 0 Å². The van der Waals surface area contributed by atoms with Crippen LogP contribution in [0.25, 0.3) is 0 Å². The monoisotopic (exact) mass is 334 g/mol. The van der Waals surface area contributed by atoms with Gasteiger partial charge in [-0.25, -0.2) is 8.42 Å². The van der Waals surface area contributed by atoms with E-state index in [0.717, 1.165) is 18.4 Å². The molecular formula is C17H22N2O3S. The number of hydrogen-bond acceptors (Lipinski definition) is 4. The minimum Gasteiger partial charge on any atom is -0.360 e. The Kier molecular flexibility index (Phi) is 4.06. The average Bonchev–Trinajstić information content (AvgIpc) is 2.85. The van der Waals surface area contributed by atoms with Crippen molar-refractivity contribution >= 4 is 10.0 Å². The molecule has 1 unspecified atom stereocenters. The van der Waals surface area contributed by atoms with Crippen LogP contribution in [-0.2, 0) is 16.4 Å². The first kappa shape index (κ1) is 16.2. The van der Waals surface area contributed by atoms with E-state index in [1.165, 1.54) is 11.1 Å². The topological polar surface area (TPSA) is 63.4 Å². The Hall–Kier alpha value is -1.66. The third-order valence-electron chi connectivity index (χ3n) is 4.53. The molecule has 2 heterocycles. The van der Waals surface area contributed by atoms with E-state index in [1.807, 2.05) is 13.0 Å². The molecular weight excluding hydrogens is 312 g/mol. The summed E-state index contributed by atoms with van der Waals surface area (Å²) in [7, 11) is -3.62. The van der Waals surface area contributed by atoms with Crippen LogP contribution in [0.5, 0.6) is 0 Å². The Balaban J connectivity index is 2.09. The predicted octanol–water partition coefficient (Wildman–Crippen LogP) is 3.30. The quantitative estimate of drug-likeness (QED) is 0.864. The highest BCUT2D eigenvalue weighted by Crippen LogP contribution is 2.37. The van der Waals surface area contributed by atoms with Gasteiger partial charge in [0.1, 0.15) is 10.6 Å². The fourth-order valence-corrected chi connectivity index (χ4v) is 5.46. The van der Waals surface area contributed by atoms with Crippen molar-refractivity contribution in [3.05, 3.63) is 46.3 Å². The number of fused-ring (bicyclic) bond motifs is 1. The molecule has 0 amide bonds. The van der Waals surface area contributed by atoms with Crippen molar-refractivity contribution in [3.63, 3.8) is 0 Å². The summed E-state index contributed by atoms with van der Waals surface area (Å²) in [5, 5.41) is 3.80. The molecule has 0 aliphatic carbocycles. The largest absolute Gasteiger partial charge is 0.360 e. The van der Waals surface area contributed by atoms with Crippen molar-refractivity contribution in [2.45, 2.75) is 51.5 Å². The summed E-state index contributed by atoms with van der Waals surface area (Å²) in [5.74, 6) is 0.354. The summed E-state index contributed by atoms with van der Waals surface area (Å²) < 4.78 is 33.0. The molecule has 23 heavy (non-hydrogen) atoms. The molecule has 0 fully saturated rings. The van der Waals surface area contributed by atoms with Crippen LogP contribution in [0.4, 0.5) is 0 Å². The summed E-state index contributed by atoms with van der Waals surface area (Å²) in [5.41, 5.74) is 3.99. The number of benzene rings is 1. The maximum atomic E-state index is 13.2. The van der Waals surface area contributed by atoms with E-state index in [-0.39, 0.29) is 10.9 Å². The second-order valence-corrected chi connectivity index (χ2v) is 7.97. The Labute approximate surface area is 137 Å². The van der Waals surface area contributed by atoms with Gasteiger partial charge in [-0.3, -0.25) is 0 Å². The van der Waals surface area contributed by atoms with Crippen molar-refractivity contribution in [2.75, 3.05) is 6.54 Å². The summed E-state index contributed by atoms with van der Waals surface area (Å²) in [6, 6.07) is 6.14. The molecule has 0 bridgehead atoms. The highest BCUT2D eigenvalue weighted by molar-refractivity contribution is 7.89. The molecule has 6 heteroatoms. The number of rotatable bonds is 3. The molecule has 1 aromatic carbocycles. The Morgan fingerprint density at radius 2 is 2.04 bits per heavy atom. The standard InChI is InChI=1S/C17H22N2O3S/c1-5-16-15-7-6-11(2)10-14(15)8-9-19(16)23(20,21)17-12(3)18-22-13(17)4/h6-7,10,16H,5,8-9H2,1-4H3. The molecule has 1 aliphatic heterocycles. The zero-order valence-electron chi connectivity index (χ0n) is 14.0. The predicted molar refractivity (Wildman–Crippen MR) is 87.8 cm³/mol. The third-order valence-corrected chi connectivity index (χ3v) is 6.68. The fraction of sp³-hybridized carbons (Fsp3) is 0.471. The lowest BCUT2D eigenvalue weighted by molar-refractivity contribution is 0.300. The maximum absolute atomic E-state index is 13.2. The van der Waals surface area contributed by atoms with Crippen molar-refractivity contribution in [3.8, 4) is 0 Å². The first-order valence-electron chi connectivity index (χ1n) is 7.90. The van der Waals surface area contributed by atoms with Crippen molar-refractivity contribution in [2.24, 2.45) is 0 Å². The SMILES string of the molecule is CCC1c2ccc(C)cc2CCN1S(=O)(=O)c1c(C)noc1C. The second kappa shape index (κ2) is 5.76. The minimum absolute atomic E-state index is 0.141. The molecule has 0 saturated carbocycles. The summed E-state index contributed by atoms with van der Waals surface area (Å²) in [6.45, 7) is 7.89. The van der Waals surface area contributed by atoms with Crippen LogP contribution in [-0.4, -0.2) is 24.4 Å². The molecule has 0 N–H and O–H groups in total. The van der Waals surface area contributed by atoms with Gasteiger partial charge in [-0.2, -0.15) is 4.31 Å². The van der Waals surface area contributed by atoms with Gasteiger partial charge in [-0.05, 0) is 44.7 Å². The molecule has 1 aliphatic rings. The third kappa shape index (κ3) is 2.60. The number of aromatic nitrogens is 1. The van der Waals surface area contributed by atoms with E-state index in [2.05, 4.69) is 24.2 Å². The van der Waals surface area contributed by atoms with E-state index in [4.69, 9.17) is 4.52 Å². The Bertz CT molecular complexity index is 820. The van der Waals surface area contributed by atoms with Gasteiger partial charge < -0.3 is 4.52 Å². The molecule has 0 saturated heterocycles. The van der Waals surface area contributed by atoms with Crippen LogP contribution in [0.3, 0.4) is 0 Å². The summed E-state index contributed by atoms with van der Waals surface area (Å²) >= 11 is 0. The van der Waals surface area contributed by atoms with Crippen LogP contribution in [0.2, 0.25) is 0 Å². The number of sulfonamides is 1. The zero-order valence-corrected chi connectivity index (χ0v) is 14.8. The lowest BCUT2D eigenvalue weighted by atomic mass is 9.91. The van der Waals surface area contributed by atoms with Gasteiger partial charge in [-0.1, -0.05) is 35.8 Å². The Morgan fingerprint density at radius 1 is 1.30 bits per heavy atom. The van der Waals surface area contributed by atoms with Crippen molar-refractivity contribution < 1.29 is 12.9 Å². The van der Waals surface area contributed by atoms with Crippen LogP contribution < -0.4 is 0 Å². The van der Waals surface area contributed by atoms with Gasteiger partial charge >= 0.3 is 0 Å². The first-order chi connectivity index (χ1) is 10.9. The number of nitrogens with zero attached hydrogens (tertiary/aromatic N) is 2. The summed E-state index contributed by atoms with van der Waals surface area (Å²) in [6.07, 6.45) is 1.47. The van der Waals surface area contributed by atoms with E-state index < -0.39 is 10.0 Å². The van der Waals surface area contributed by atoms with E-state index in [0.29, 0.717) is 18.0 Å². The van der Waals surface area contributed by atoms with Crippen LogP contribution >= 0.6 is 0 Å². The number of hydrogen-bond donors (Lipinski definition) is 0. The first-order valence-corrected chi connectivity index (χ1v) is 9.34. The molecule has 0 spiro atoms. The molecule has 0 radical (unpaired) electrons. The minimum atomic E-state index is -3.62. The molecule has 3 rings (SSSR count). The van der Waals surface area contributed by atoms with E-state index in [1.54, 1.807) is 18.2 Å².